The smallest absolute Gasteiger partial charge is 0.303 e. The van der Waals surface area contributed by atoms with Gasteiger partial charge >= 0.3 is 11.9 Å². The summed E-state index contributed by atoms with van der Waals surface area (Å²) >= 11 is 0. The second kappa shape index (κ2) is 12.4. The summed E-state index contributed by atoms with van der Waals surface area (Å²) in [6.45, 7) is -0.470. The minimum absolute atomic E-state index is 0. The Morgan fingerprint density at radius 2 is 1.45 bits per heavy atom. The van der Waals surface area contributed by atoms with Gasteiger partial charge in [0.2, 0.25) is 0 Å². The third-order valence-corrected chi connectivity index (χ3v) is 2.73. The summed E-state index contributed by atoms with van der Waals surface area (Å²) in [6.07, 6.45) is -4.77. The molecule has 0 radical (unpaired) electrons. The molecule has 5 atom stereocenters. The zero-order valence-corrected chi connectivity index (χ0v) is 13.8. The minimum Gasteiger partial charge on any atom is -0.481 e. The van der Waals surface area contributed by atoms with Crippen LogP contribution >= 0.6 is 0 Å². The van der Waals surface area contributed by atoms with Gasteiger partial charge in [-0.05, 0) is 6.42 Å². The number of carbonyl (C=O) groups is 2. The van der Waals surface area contributed by atoms with Crippen molar-refractivity contribution >= 4 is 11.9 Å². The van der Waals surface area contributed by atoms with Gasteiger partial charge in [-0.3, -0.25) is 9.59 Å². The summed E-state index contributed by atoms with van der Waals surface area (Å²) in [5, 5.41) is 52.1. The van der Waals surface area contributed by atoms with Crippen molar-refractivity contribution in [1.82, 2.24) is 0 Å². The first-order chi connectivity index (χ1) is 9.70. The fourth-order valence-electron chi connectivity index (χ4n) is 1.51. The maximum absolute atomic E-state index is 9.79. The average Bonchev–Trinajstić information content (AvgIpc) is 2.40. The minimum atomic E-state index is -1.35. The Morgan fingerprint density at radius 3 is 1.82 bits per heavy atom. The van der Waals surface area contributed by atoms with Crippen LogP contribution in [0.3, 0.4) is 0 Å². The molecule has 0 aliphatic carbocycles. The second-order valence-corrected chi connectivity index (χ2v) is 4.45. The van der Waals surface area contributed by atoms with E-state index in [-0.39, 0.29) is 59.2 Å². The Bertz CT molecular complexity index is 325. The molecule has 1 saturated heterocycles. The zero-order valence-electron chi connectivity index (χ0n) is 11.6. The number of carboxylic acids is 2. The average molecular weight is 469 g/mol. The van der Waals surface area contributed by atoms with Crippen molar-refractivity contribution in [3.63, 3.8) is 0 Å². The van der Waals surface area contributed by atoms with Crippen molar-refractivity contribution in [1.29, 1.82) is 0 Å². The molecule has 0 spiro atoms. The molecule has 0 saturated carbocycles. The third-order valence-electron chi connectivity index (χ3n) is 2.73. The molecule has 0 aromatic heterocycles. The van der Waals surface area contributed by atoms with E-state index in [9.17, 15) is 19.8 Å². The first kappa shape index (κ1) is 24.3. The van der Waals surface area contributed by atoms with Gasteiger partial charge < -0.3 is 41.1 Å². The van der Waals surface area contributed by atoms with Crippen LogP contribution in [0.2, 0.25) is 0 Å². The fourth-order valence-corrected chi connectivity index (χ4v) is 1.51. The van der Waals surface area contributed by atoms with Crippen LogP contribution in [0.4, 0.5) is 0 Å². The quantitative estimate of drug-likeness (QED) is 0.220. The van der Waals surface area contributed by atoms with Gasteiger partial charge in [0.05, 0.1) is 12.6 Å². The topological polar surface area (TPSA) is 191 Å². The summed E-state index contributed by atoms with van der Waals surface area (Å²) in [7, 11) is 0. The van der Waals surface area contributed by atoms with E-state index in [4.69, 9.17) is 30.9 Å². The van der Waals surface area contributed by atoms with E-state index >= 15 is 0 Å². The van der Waals surface area contributed by atoms with Gasteiger partial charge in [0.1, 0.15) is 18.3 Å². The number of carboxylic acid groups (broad SMARTS) is 2. The molecule has 11 heteroatoms. The van der Waals surface area contributed by atoms with Crippen molar-refractivity contribution in [3.8, 4) is 0 Å². The van der Waals surface area contributed by atoms with E-state index in [0.29, 0.717) is 0 Å². The zero-order chi connectivity index (χ0) is 16.6. The molecular weight excluding hydrogens is 447 g/mol. The second-order valence-electron chi connectivity index (χ2n) is 4.45. The first-order valence-electron chi connectivity index (χ1n) is 6.20. The number of aliphatic hydroxyl groups is 4. The number of hydrogen-bond acceptors (Lipinski definition) is 8. The molecule has 1 fully saturated rings. The molecule has 0 aromatic carbocycles. The van der Waals surface area contributed by atoms with Crippen LogP contribution in [0.1, 0.15) is 19.3 Å². The molecule has 132 valence electrons. The van der Waals surface area contributed by atoms with E-state index in [1.54, 1.807) is 0 Å². The summed E-state index contributed by atoms with van der Waals surface area (Å²) in [5.41, 5.74) is 5.26. The van der Waals surface area contributed by atoms with Crippen LogP contribution < -0.4 is 5.73 Å². The molecule has 1 aliphatic rings. The van der Waals surface area contributed by atoms with Crippen LogP contribution in [-0.2, 0) is 14.3 Å². The number of aliphatic carboxylic acids is 2. The van der Waals surface area contributed by atoms with Crippen LogP contribution in [0.25, 0.3) is 0 Å². The Morgan fingerprint density at radius 1 is 1.00 bits per heavy atom. The predicted octanol–water partition coefficient (Wildman–Crippen LogP) is -2.93. The van der Waals surface area contributed by atoms with Gasteiger partial charge in [0.25, 0.3) is 0 Å². The fraction of sp³-hybridized carbons (Fsp3) is 0.818. The Kier molecular flexibility index (Phi) is 13.7. The van der Waals surface area contributed by atoms with E-state index in [2.05, 4.69) is 0 Å². The molecule has 10 nitrogen and oxygen atoms in total. The molecule has 0 amide bonds. The Balaban J connectivity index is 0. The summed E-state index contributed by atoms with van der Waals surface area (Å²) in [6, 6.07) is -1.04. The van der Waals surface area contributed by atoms with Crippen molar-refractivity contribution in [2.45, 2.75) is 49.9 Å². The van der Waals surface area contributed by atoms with Crippen LogP contribution in [0, 0.1) is 39.9 Å². The molecule has 22 heavy (non-hydrogen) atoms. The van der Waals surface area contributed by atoms with Crippen LogP contribution in [0.15, 0.2) is 0 Å². The van der Waals surface area contributed by atoms with E-state index in [1.807, 2.05) is 0 Å². The van der Waals surface area contributed by atoms with E-state index in [0.717, 1.165) is 0 Å². The normalized spacial score (nSPS) is 30.5. The van der Waals surface area contributed by atoms with E-state index in [1.165, 1.54) is 0 Å². The molecule has 1 heterocycles. The number of rotatable bonds is 5. The Hall–Kier alpha value is 0.0247. The standard InChI is InChI=1S/C6H13NO5.C5H8O4.Gd/c7-3-5(10)4(9)2(1-8)12-6(3)11;6-4(7)2-1-3-5(8)9;/h2-6,8-11H,1,7H2;1-3H2,(H,6,7)(H,8,9);/t2-,3-,4-,5-,6?;;/m1../s1. The third kappa shape index (κ3) is 9.23. The van der Waals surface area contributed by atoms with Crippen LogP contribution in [-0.4, -0.2) is 79.8 Å². The van der Waals surface area contributed by atoms with Crippen LogP contribution in [0.5, 0.6) is 0 Å². The van der Waals surface area contributed by atoms with Gasteiger partial charge in [0, 0.05) is 52.8 Å². The van der Waals surface area contributed by atoms with Crippen molar-refractivity contribution in [2.75, 3.05) is 6.61 Å². The number of ether oxygens (including phenoxy) is 1. The summed E-state index contributed by atoms with van der Waals surface area (Å²) < 4.78 is 4.70. The molecule has 1 aliphatic heterocycles. The SMILES string of the molecule is N[C@H]1C(O)O[C@H](CO)[C@@H](O)[C@@H]1O.O=C(O)CCCC(=O)O.[Gd]. The monoisotopic (exact) mass is 469 g/mol. The van der Waals surface area contributed by atoms with Gasteiger partial charge in [-0.25, -0.2) is 0 Å². The van der Waals surface area contributed by atoms with Gasteiger partial charge in [-0.15, -0.1) is 0 Å². The molecular formula is C11H21GdNO9. The molecule has 0 aromatic rings. The predicted molar refractivity (Wildman–Crippen MR) is 67.1 cm³/mol. The first-order valence-corrected chi connectivity index (χ1v) is 6.20. The number of nitrogens with two attached hydrogens (primary N) is 1. The van der Waals surface area contributed by atoms with Gasteiger partial charge in [-0.1, -0.05) is 0 Å². The number of aliphatic hydroxyl groups excluding tert-OH is 4. The maximum atomic E-state index is 9.79. The van der Waals surface area contributed by atoms with Crippen molar-refractivity contribution in [2.24, 2.45) is 5.73 Å². The summed E-state index contributed by atoms with van der Waals surface area (Å²) in [4.78, 5) is 19.6. The number of hydrogen-bond donors (Lipinski definition) is 7. The molecule has 1 rings (SSSR count). The molecule has 1 unspecified atom stereocenters. The largest absolute Gasteiger partial charge is 0.481 e. The van der Waals surface area contributed by atoms with Gasteiger partial charge in [0.15, 0.2) is 6.29 Å². The maximum Gasteiger partial charge on any atom is 0.303 e. The summed E-state index contributed by atoms with van der Waals surface area (Å²) in [5.74, 6) is -1.90. The van der Waals surface area contributed by atoms with E-state index < -0.39 is 49.2 Å². The van der Waals surface area contributed by atoms with Crippen molar-refractivity contribution < 1.29 is 84.9 Å². The molecule has 0 bridgehead atoms. The Labute approximate surface area is 158 Å². The molecule has 8 N–H and O–H groups in total. The van der Waals surface area contributed by atoms with Gasteiger partial charge in [-0.2, -0.15) is 0 Å². The van der Waals surface area contributed by atoms with Crippen molar-refractivity contribution in [3.05, 3.63) is 0 Å².